The molecule has 0 bridgehead atoms. The molecule has 0 saturated heterocycles. The quantitative estimate of drug-likeness (QED) is 0.715. The molecule has 2 aromatic carbocycles. The number of carbonyl (C=O) groups is 1. The highest BCUT2D eigenvalue weighted by Crippen LogP contribution is 2.26. The van der Waals surface area contributed by atoms with Crippen molar-refractivity contribution in [2.75, 3.05) is 12.4 Å². The van der Waals surface area contributed by atoms with E-state index in [-0.39, 0.29) is 17.6 Å². The van der Waals surface area contributed by atoms with Gasteiger partial charge in [0.05, 0.1) is 7.11 Å². The van der Waals surface area contributed by atoms with E-state index in [2.05, 4.69) is 5.32 Å². The highest BCUT2D eigenvalue weighted by molar-refractivity contribution is 6.02. The van der Waals surface area contributed by atoms with Crippen molar-refractivity contribution in [3.63, 3.8) is 0 Å². The van der Waals surface area contributed by atoms with Gasteiger partial charge in [-0.3, -0.25) is 4.79 Å². The number of carbonyl (C=O) groups excluding carboxylic acids is 1. The number of rotatable bonds is 5. The van der Waals surface area contributed by atoms with Crippen LogP contribution in [0.2, 0.25) is 0 Å². The summed E-state index contributed by atoms with van der Waals surface area (Å²) < 4.78 is 16.2. The third-order valence-electron chi connectivity index (χ3n) is 3.73. The van der Waals surface area contributed by atoms with Gasteiger partial charge in [0.25, 0.3) is 11.9 Å². The van der Waals surface area contributed by atoms with Crippen molar-refractivity contribution in [1.82, 2.24) is 0 Å². The van der Waals surface area contributed by atoms with Gasteiger partial charge in [-0.15, -0.1) is 0 Å². The molecule has 1 amide bonds. The predicted octanol–water partition coefficient (Wildman–Crippen LogP) is 4.95. The lowest BCUT2D eigenvalue weighted by Crippen LogP contribution is -2.11. The van der Waals surface area contributed by atoms with E-state index in [1.165, 1.54) is 0 Å². The third kappa shape index (κ3) is 4.01. The maximum absolute atomic E-state index is 12.3. The number of amides is 1. The van der Waals surface area contributed by atoms with Gasteiger partial charge in [0.1, 0.15) is 11.5 Å². The third-order valence-corrected chi connectivity index (χ3v) is 3.73. The van der Waals surface area contributed by atoms with Gasteiger partial charge in [-0.05, 0) is 55.8 Å². The molecule has 0 aliphatic carbocycles. The van der Waals surface area contributed by atoms with Crippen LogP contribution in [0.4, 0.5) is 5.69 Å². The molecule has 1 N–H and O–H groups in total. The first-order valence-corrected chi connectivity index (χ1v) is 7.85. The molecule has 128 valence electrons. The van der Waals surface area contributed by atoms with E-state index in [0.29, 0.717) is 11.4 Å². The minimum atomic E-state index is -0.341. The number of nitrogens with one attached hydrogen (secondary N) is 1. The second-order valence-electron chi connectivity index (χ2n) is 5.67. The first-order chi connectivity index (χ1) is 12.0. The van der Waals surface area contributed by atoms with E-state index in [1.54, 1.807) is 31.4 Å². The van der Waals surface area contributed by atoms with Crippen LogP contribution in [0.15, 0.2) is 59.0 Å². The van der Waals surface area contributed by atoms with Crippen LogP contribution in [0.1, 0.15) is 21.7 Å². The van der Waals surface area contributed by atoms with Crippen LogP contribution in [0.25, 0.3) is 0 Å². The van der Waals surface area contributed by atoms with Gasteiger partial charge in [-0.25, -0.2) is 0 Å². The smallest absolute Gasteiger partial charge is 0.291 e. The number of ether oxygens (including phenoxy) is 2. The maximum atomic E-state index is 12.3. The van der Waals surface area contributed by atoms with Gasteiger partial charge < -0.3 is 19.2 Å². The molecular formula is C20H19NO4. The fraction of sp³-hybridized carbons (Fsp3) is 0.150. The monoisotopic (exact) mass is 337 g/mol. The first kappa shape index (κ1) is 16.6. The summed E-state index contributed by atoms with van der Waals surface area (Å²) in [6.45, 7) is 3.90. The largest absolute Gasteiger partial charge is 0.497 e. The lowest BCUT2D eigenvalue weighted by Gasteiger charge is -2.08. The summed E-state index contributed by atoms with van der Waals surface area (Å²) in [6.07, 6.45) is 0. The molecule has 0 radical (unpaired) electrons. The van der Waals surface area contributed by atoms with Crippen LogP contribution in [-0.2, 0) is 0 Å². The molecule has 3 rings (SSSR count). The summed E-state index contributed by atoms with van der Waals surface area (Å²) in [6, 6.07) is 16.2. The Morgan fingerprint density at radius 3 is 2.36 bits per heavy atom. The van der Waals surface area contributed by atoms with Crippen molar-refractivity contribution in [2.45, 2.75) is 13.8 Å². The van der Waals surface area contributed by atoms with Crippen molar-refractivity contribution >= 4 is 11.6 Å². The average molecular weight is 337 g/mol. The number of anilines is 1. The number of furan rings is 1. The van der Waals surface area contributed by atoms with Crippen molar-refractivity contribution in [3.8, 4) is 17.4 Å². The van der Waals surface area contributed by atoms with Gasteiger partial charge in [0.15, 0.2) is 5.76 Å². The van der Waals surface area contributed by atoms with Crippen molar-refractivity contribution < 1.29 is 18.7 Å². The fourth-order valence-corrected chi connectivity index (χ4v) is 2.31. The molecular weight excluding hydrogens is 318 g/mol. The van der Waals surface area contributed by atoms with E-state index in [0.717, 1.165) is 16.9 Å². The molecule has 0 fully saturated rings. The minimum absolute atomic E-state index is 0.178. The minimum Gasteiger partial charge on any atom is -0.497 e. The molecule has 0 atom stereocenters. The molecule has 0 aliphatic rings. The summed E-state index contributed by atoms with van der Waals surface area (Å²) >= 11 is 0. The molecule has 0 unspecified atom stereocenters. The van der Waals surface area contributed by atoms with E-state index in [9.17, 15) is 4.79 Å². The zero-order valence-electron chi connectivity index (χ0n) is 14.3. The second kappa shape index (κ2) is 7.13. The topological polar surface area (TPSA) is 60.7 Å². The Labute approximate surface area is 146 Å². The Morgan fingerprint density at radius 1 is 0.960 bits per heavy atom. The zero-order chi connectivity index (χ0) is 17.8. The normalized spacial score (nSPS) is 10.4. The van der Waals surface area contributed by atoms with E-state index >= 15 is 0 Å². The van der Waals surface area contributed by atoms with E-state index in [1.807, 2.05) is 44.2 Å². The number of hydrogen-bond acceptors (Lipinski definition) is 4. The number of aryl methyl sites for hydroxylation is 2. The Morgan fingerprint density at radius 2 is 1.68 bits per heavy atom. The molecule has 3 aromatic rings. The maximum Gasteiger partial charge on any atom is 0.291 e. The van der Waals surface area contributed by atoms with Crippen LogP contribution in [0.3, 0.4) is 0 Å². The number of benzene rings is 2. The molecule has 1 heterocycles. The molecule has 0 spiro atoms. The lowest BCUT2D eigenvalue weighted by molar-refractivity contribution is 0.0991. The molecule has 25 heavy (non-hydrogen) atoms. The van der Waals surface area contributed by atoms with Crippen molar-refractivity contribution in [2.24, 2.45) is 0 Å². The van der Waals surface area contributed by atoms with E-state index < -0.39 is 0 Å². The number of hydrogen-bond donors (Lipinski definition) is 1. The highest BCUT2D eigenvalue weighted by atomic mass is 16.6. The van der Waals surface area contributed by atoms with Crippen LogP contribution >= 0.6 is 0 Å². The van der Waals surface area contributed by atoms with Crippen LogP contribution in [0, 0.1) is 13.8 Å². The van der Waals surface area contributed by atoms with Crippen LogP contribution in [0.5, 0.6) is 17.4 Å². The van der Waals surface area contributed by atoms with Crippen molar-refractivity contribution in [1.29, 1.82) is 0 Å². The molecule has 5 heteroatoms. The SMILES string of the molecule is COc1ccc(NC(=O)c2ccc(Oc3ccc(C)cc3)o2)c(C)c1. The Bertz CT molecular complexity index is 881. The molecule has 0 saturated carbocycles. The second-order valence-corrected chi connectivity index (χ2v) is 5.67. The Kier molecular flexibility index (Phi) is 4.75. The van der Waals surface area contributed by atoms with Gasteiger partial charge in [0.2, 0.25) is 0 Å². The predicted molar refractivity (Wildman–Crippen MR) is 95.6 cm³/mol. The molecule has 5 nitrogen and oxygen atoms in total. The highest BCUT2D eigenvalue weighted by Gasteiger charge is 2.14. The van der Waals surface area contributed by atoms with Crippen LogP contribution < -0.4 is 14.8 Å². The Hall–Kier alpha value is -3.21. The van der Waals surface area contributed by atoms with E-state index in [4.69, 9.17) is 13.9 Å². The average Bonchev–Trinajstić information content (AvgIpc) is 3.07. The summed E-state index contributed by atoms with van der Waals surface area (Å²) in [7, 11) is 1.60. The first-order valence-electron chi connectivity index (χ1n) is 7.85. The van der Waals surface area contributed by atoms with Crippen LogP contribution in [-0.4, -0.2) is 13.0 Å². The summed E-state index contributed by atoms with van der Waals surface area (Å²) in [4.78, 5) is 12.3. The van der Waals surface area contributed by atoms with Gasteiger partial charge in [-0.1, -0.05) is 17.7 Å². The summed E-state index contributed by atoms with van der Waals surface area (Å²) in [5, 5.41) is 2.82. The lowest BCUT2D eigenvalue weighted by atomic mass is 10.2. The standard InChI is InChI=1S/C20H19NO4/c1-13-4-6-15(7-5-13)24-19-11-10-18(25-19)20(22)21-17-9-8-16(23-3)12-14(17)2/h4-12H,1-3H3,(H,21,22). The Balaban J connectivity index is 1.69. The fourth-order valence-electron chi connectivity index (χ4n) is 2.31. The molecule has 0 aliphatic heterocycles. The number of methoxy groups -OCH3 is 1. The van der Waals surface area contributed by atoms with Crippen molar-refractivity contribution in [3.05, 3.63) is 71.5 Å². The van der Waals surface area contributed by atoms with Gasteiger partial charge in [-0.2, -0.15) is 0 Å². The molecule has 1 aromatic heterocycles. The van der Waals surface area contributed by atoms with Gasteiger partial charge in [0, 0.05) is 11.8 Å². The summed E-state index contributed by atoms with van der Waals surface area (Å²) in [5.74, 6) is 1.49. The van der Waals surface area contributed by atoms with Gasteiger partial charge >= 0.3 is 0 Å². The summed E-state index contributed by atoms with van der Waals surface area (Å²) in [5.41, 5.74) is 2.74. The zero-order valence-corrected chi connectivity index (χ0v) is 14.3.